The molecule has 0 bridgehead atoms. The molecule has 0 aromatic heterocycles. The van der Waals surface area contributed by atoms with E-state index in [4.69, 9.17) is 32.7 Å². The smallest absolute Gasteiger partial charge is 0.254 e. The van der Waals surface area contributed by atoms with Gasteiger partial charge in [0.1, 0.15) is 11.9 Å². The van der Waals surface area contributed by atoms with Crippen LogP contribution in [0.2, 0.25) is 10.0 Å². The van der Waals surface area contributed by atoms with E-state index in [0.29, 0.717) is 35.3 Å². The summed E-state index contributed by atoms with van der Waals surface area (Å²) in [5, 5.41) is 1.11. The zero-order valence-corrected chi connectivity index (χ0v) is 16.3. The van der Waals surface area contributed by atoms with Gasteiger partial charge < -0.3 is 14.4 Å². The van der Waals surface area contributed by atoms with Crippen molar-refractivity contribution in [1.29, 1.82) is 0 Å². The first-order valence-corrected chi connectivity index (χ1v) is 9.31. The van der Waals surface area contributed by atoms with Crippen LogP contribution in [-0.2, 0) is 4.74 Å². The van der Waals surface area contributed by atoms with E-state index in [9.17, 15) is 4.79 Å². The minimum absolute atomic E-state index is 0.0254. The predicted octanol–water partition coefficient (Wildman–Crippen LogP) is 4.99. The molecular weight excluding hydrogens is 373 g/mol. The molecule has 1 saturated heterocycles. The number of hydrogen-bond acceptors (Lipinski definition) is 3. The van der Waals surface area contributed by atoms with Crippen molar-refractivity contribution in [2.75, 3.05) is 19.7 Å². The molecule has 0 aliphatic carbocycles. The van der Waals surface area contributed by atoms with Gasteiger partial charge in [-0.3, -0.25) is 4.79 Å². The van der Waals surface area contributed by atoms with Gasteiger partial charge in [0.05, 0.1) is 19.3 Å². The van der Waals surface area contributed by atoms with Gasteiger partial charge in [-0.25, -0.2) is 0 Å². The zero-order valence-electron chi connectivity index (χ0n) is 14.7. The van der Waals surface area contributed by atoms with E-state index >= 15 is 0 Å². The molecule has 138 valence electrons. The molecular formula is C20H21Cl2NO3. The maximum absolute atomic E-state index is 12.8. The van der Waals surface area contributed by atoms with Gasteiger partial charge in [-0.05, 0) is 61.9 Å². The van der Waals surface area contributed by atoms with Gasteiger partial charge in [-0.1, -0.05) is 23.2 Å². The molecule has 0 radical (unpaired) electrons. The molecule has 2 aromatic carbocycles. The molecule has 0 spiro atoms. The summed E-state index contributed by atoms with van der Waals surface area (Å²) >= 11 is 12.2. The van der Waals surface area contributed by atoms with Crippen molar-refractivity contribution in [2.45, 2.75) is 26.1 Å². The number of carbonyl (C=O) groups is 1. The third-order valence-electron chi connectivity index (χ3n) is 4.08. The van der Waals surface area contributed by atoms with E-state index in [-0.39, 0.29) is 18.1 Å². The lowest BCUT2D eigenvalue weighted by molar-refractivity contribution is -0.0228. The average Bonchev–Trinajstić information content (AvgIpc) is 2.60. The summed E-state index contributed by atoms with van der Waals surface area (Å²) in [6.45, 7) is 5.41. The van der Waals surface area contributed by atoms with Crippen LogP contribution in [-0.4, -0.2) is 36.6 Å². The number of ether oxygens (including phenoxy) is 2. The quantitative estimate of drug-likeness (QED) is 0.733. The highest BCUT2D eigenvalue weighted by Gasteiger charge is 2.26. The molecule has 0 saturated carbocycles. The van der Waals surface area contributed by atoms with Crippen molar-refractivity contribution in [3.8, 4) is 5.75 Å². The number of hydrogen-bond donors (Lipinski definition) is 0. The topological polar surface area (TPSA) is 38.8 Å². The van der Waals surface area contributed by atoms with E-state index in [1.165, 1.54) is 0 Å². The normalized spacial score (nSPS) is 17.4. The number of halogens is 2. The molecule has 1 heterocycles. The highest BCUT2D eigenvalue weighted by Crippen LogP contribution is 2.28. The second kappa shape index (κ2) is 8.30. The molecule has 1 fully saturated rings. The Balaban J connectivity index is 1.71. The van der Waals surface area contributed by atoms with Crippen molar-refractivity contribution in [1.82, 2.24) is 4.90 Å². The summed E-state index contributed by atoms with van der Waals surface area (Å²) in [5.74, 6) is 0.729. The Morgan fingerprint density at radius 3 is 2.42 bits per heavy atom. The van der Waals surface area contributed by atoms with Crippen LogP contribution < -0.4 is 4.74 Å². The van der Waals surface area contributed by atoms with Crippen molar-refractivity contribution < 1.29 is 14.3 Å². The highest BCUT2D eigenvalue weighted by molar-refractivity contribution is 6.34. The summed E-state index contributed by atoms with van der Waals surface area (Å²) in [4.78, 5) is 14.6. The first kappa shape index (κ1) is 19.0. The van der Waals surface area contributed by atoms with E-state index in [1.807, 2.05) is 38.1 Å². The van der Waals surface area contributed by atoms with Crippen LogP contribution in [0.3, 0.4) is 0 Å². The third-order valence-corrected chi connectivity index (χ3v) is 4.52. The van der Waals surface area contributed by atoms with Gasteiger partial charge in [-0.15, -0.1) is 0 Å². The van der Waals surface area contributed by atoms with E-state index < -0.39 is 0 Å². The molecule has 1 aliphatic heterocycles. The van der Waals surface area contributed by atoms with Gasteiger partial charge >= 0.3 is 0 Å². The van der Waals surface area contributed by atoms with Crippen LogP contribution in [0.5, 0.6) is 5.75 Å². The molecule has 0 N–H and O–H groups in total. The number of amides is 1. The summed E-state index contributed by atoms with van der Waals surface area (Å²) < 4.78 is 11.4. The van der Waals surface area contributed by atoms with E-state index in [0.717, 1.165) is 11.3 Å². The fraction of sp³-hybridized carbons (Fsp3) is 0.350. The van der Waals surface area contributed by atoms with Gasteiger partial charge in [0.2, 0.25) is 0 Å². The summed E-state index contributed by atoms with van der Waals surface area (Å²) in [5.41, 5.74) is 1.51. The number of rotatable bonds is 4. The number of morpholine rings is 1. The molecule has 6 heteroatoms. The number of benzene rings is 2. The van der Waals surface area contributed by atoms with Crippen molar-refractivity contribution in [3.63, 3.8) is 0 Å². The standard InChI is InChI=1S/C20H21Cl2NO3/c1-13(2)26-18-5-3-14(4-6-18)20(24)23-7-8-25-19(12-23)15-9-16(21)11-17(22)10-15/h3-6,9-11,13,19H,7-8,12H2,1-2H3. The number of nitrogens with zero attached hydrogens (tertiary/aromatic N) is 1. The van der Waals surface area contributed by atoms with Crippen molar-refractivity contribution >= 4 is 29.1 Å². The Bertz CT molecular complexity index is 757. The Morgan fingerprint density at radius 1 is 1.15 bits per heavy atom. The monoisotopic (exact) mass is 393 g/mol. The molecule has 2 aromatic rings. The van der Waals surface area contributed by atoms with Crippen molar-refractivity contribution in [3.05, 3.63) is 63.6 Å². The molecule has 26 heavy (non-hydrogen) atoms. The summed E-state index contributed by atoms with van der Waals surface area (Å²) in [6.07, 6.45) is -0.145. The van der Waals surface area contributed by atoms with Crippen LogP contribution in [0.1, 0.15) is 35.9 Å². The Kier molecular flexibility index (Phi) is 6.07. The molecule has 4 nitrogen and oxygen atoms in total. The molecule has 3 rings (SSSR count). The third kappa shape index (κ3) is 4.70. The van der Waals surface area contributed by atoms with Crippen molar-refractivity contribution in [2.24, 2.45) is 0 Å². The minimum Gasteiger partial charge on any atom is -0.491 e. The lowest BCUT2D eigenvalue weighted by Gasteiger charge is -2.33. The maximum Gasteiger partial charge on any atom is 0.254 e. The Hall–Kier alpha value is -1.75. The average molecular weight is 394 g/mol. The van der Waals surface area contributed by atoms with Gasteiger partial charge in [-0.2, -0.15) is 0 Å². The van der Waals surface area contributed by atoms with Crippen LogP contribution in [0.4, 0.5) is 0 Å². The fourth-order valence-electron chi connectivity index (χ4n) is 2.93. The van der Waals surface area contributed by atoms with E-state index in [1.54, 1.807) is 23.1 Å². The molecule has 1 unspecified atom stereocenters. The minimum atomic E-state index is -0.243. The summed E-state index contributed by atoms with van der Waals surface area (Å²) in [7, 11) is 0. The maximum atomic E-state index is 12.8. The second-order valence-corrected chi connectivity index (χ2v) is 7.38. The second-order valence-electron chi connectivity index (χ2n) is 6.50. The summed E-state index contributed by atoms with van der Waals surface area (Å²) in [6, 6.07) is 12.6. The van der Waals surface area contributed by atoms with Gasteiger partial charge in [0, 0.05) is 22.2 Å². The van der Waals surface area contributed by atoms with Gasteiger partial charge in [0.15, 0.2) is 0 Å². The van der Waals surface area contributed by atoms with Crippen LogP contribution in [0, 0.1) is 0 Å². The van der Waals surface area contributed by atoms with E-state index in [2.05, 4.69) is 0 Å². The SMILES string of the molecule is CC(C)Oc1ccc(C(=O)N2CCOC(c3cc(Cl)cc(Cl)c3)C2)cc1. The molecule has 1 atom stereocenters. The van der Waals surface area contributed by atoms with Gasteiger partial charge in [0.25, 0.3) is 5.91 Å². The first-order chi connectivity index (χ1) is 12.4. The lowest BCUT2D eigenvalue weighted by Crippen LogP contribution is -2.42. The van der Waals surface area contributed by atoms with Crippen LogP contribution >= 0.6 is 23.2 Å². The van der Waals surface area contributed by atoms with Crippen LogP contribution in [0.25, 0.3) is 0 Å². The molecule has 1 amide bonds. The first-order valence-electron chi connectivity index (χ1n) is 8.56. The molecule has 1 aliphatic rings. The zero-order chi connectivity index (χ0) is 18.7. The fourth-order valence-corrected chi connectivity index (χ4v) is 3.47. The number of carbonyl (C=O) groups excluding carboxylic acids is 1. The highest BCUT2D eigenvalue weighted by atomic mass is 35.5. The predicted molar refractivity (Wildman–Crippen MR) is 103 cm³/mol. The van der Waals surface area contributed by atoms with Crippen LogP contribution in [0.15, 0.2) is 42.5 Å². The lowest BCUT2D eigenvalue weighted by atomic mass is 10.1. The Morgan fingerprint density at radius 2 is 1.81 bits per heavy atom. The Labute approximate surface area is 163 Å². The largest absolute Gasteiger partial charge is 0.491 e.